The molecule has 14 heteroatoms. The van der Waals surface area contributed by atoms with Gasteiger partial charge in [0.05, 0.1) is 6.61 Å². The van der Waals surface area contributed by atoms with Gasteiger partial charge in [0.2, 0.25) is 0 Å². The molecule has 0 aromatic rings. The van der Waals surface area contributed by atoms with Gasteiger partial charge in [-0.3, -0.25) is 18.6 Å². The predicted octanol–water partition coefficient (Wildman–Crippen LogP) is 11.3. The minimum Gasteiger partial charge on any atom is -0.462 e. The Balaban J connectivity index is 2.44. The number of carbonyl (C=O) groups excluding carboxylic acids is 2. The number of phosphoric ester groups is 1. The van der Waals surface area contributed by atoms with Gasteiger partial charge >= 0.3 is 19.8 Å². The van der Waals surface area contributed by atoms with Gasteiger partial charge in [-0.1, -0.05) is 203 Å². The first kappa shape index (κ1) is 62.6. The number of esters is 2. The van der Waals surface area contributed by atoms with Crippen LogP contribution in [0.15, 0.2) is 60.8 Å². The average Bonchev–Trinajstić information content (AvgIpc) is 3.31. The minimum absolute atomic E-state index is 0.0432. The lowest BCUT2D eigenvalue weighted by atomic mass is 9.85. The van der Waals surface area contributed by atoms with Gasteiger partial charge in [0, 0.05) is 12.8 Å². The highest BCUT2D eigenvalue weighted by Gasteiger charge is 2.51. The van der Waals surface area contributed by atoms with Crippen LogP contribution in [0.1, 0.15) is 206 Å². The van der Waals surface area contributed by atoms with Gasteiger partial charge in [-0.2, -0.15) is 0 Å². The predicted molar refractivity (Wildman–Crippen MR) is 267 cm³/mol. The van der Waals surface area contributed by atoms with Crippen LogP contribution < -0.4 is 0 Å². The van der Waals surface area contributed by atoms with Crippen molar-refractivity contribution < 1.29 is 63.1 Å². The van der Waals surface area contributed by atoms with E-state index in [1.165, 1.54) is 109 Å². The average molecular weight is 969 g/mol. The molecule has 6 N–H and O–H groups in total. The van der Waals surface area contributed by atoms with E-state index in [2.05, 4.69) is 56.4 Å². The van der Waals surface area contributed by atoms with E-state index >= 15 is 0 Å². The summed E-state index contributed by atoms with van der Waals surface area (Å²) in [6.45, 7) is 3.24. The van der Waals surface area contributed by atoms with Crippen LogP contribution in [0.3, 0.4) is 0 Å². The molecule has 0 radical (unpaired) electrons. The zero-order valence-electron chi connectivity index (χ0n) is 41.4. The number of aliphatic hydroxyl groups excluding tert-OH is 5. The molecule has 13 nitrogen and oxygen atoms in total. The Labute approximate surface area is 404 Å². The van der Waals surface area contributed by atoms with Crippen molar-refractivity contribution in [3.05, 3.63) is 60.8 Å². The third-order valence-electron chi connectivity index (χ3n) is 11.9. The molecule has 0 aromatic carbocycles. The molecule has 0 heterocycles. The van der Waals surface area contributed by atoms with Crippen molar-refractivity contribution in [3.8, 4) is 0 Å². The molecule has 1 rings (SSSR count). The second-order valence-corrected chi connectivity index (χ2v) is 19.4. The van der Waals surface area contributed by atoms with E-state index in [1.807, 2.05) is 18.2 Å². The van der Waals surface area contributed by atoms with Crippen molar-refractivity contribution in [1.82, 2.24) is 0 Å². The van der Waals surface area contributed by atoms with Gasteiger partial charge in [-0.25, -0.2) is 4.57 Å². The first-order chi connectivity index (χ1) is 32.4. The van der Waals surface area contributed by atoms with E-state index in [0.717, 1.165) is 51.4 Å². The Morgan fingerprint density at radius 3 is 1.28 bits per heavy atom. The number of aliphatic hydroxyl groups is 5. The van der Waals surface area contributed by atoms with Gasteiger partial charge in [-0.15, -0.1) is 0 Å². The van der Waals surface area contributed by atoms with E-state index in [-0.39, 0.29) is 12.8 Å². The molecule has 1 saturated carbocycles. The Morgan fingerprint density at radius 2 is 0.836 bits per heavy atom. The molecule has 388 valence electrons. The maximum atomic E-state index is 12.8. The maximum Gasteiger partial charge on any atom is 0.472 e. The van der Waals surface area contributed by atoms with Crippen LogP contribution in [0.25, 0.3) is 0 Å². The van der Waals surface area contributed by atoms with Crippen molar-refractivity contribution >= 4 is 19.8 Å². The molecular weight excluding hydrogens is 876 g/mol. The van der Waals surface area contributed by atoms with Gasteiger partial charge in [-0.05, 0) is 51.4 Å². The Hall–Kier alpha value is -2.45. The Bertz CT molecular complexity index is 1400. The highest BCUT2D eigenvalue weighted by molar-refractivity contribution is 7.47. The molecular formula is C53H93O13P. The largest absolute Gasteiger partial charge is 0.472 e. The molecule has 1 aliphatic carbocycles. The number of hydrogen-bond acceptors (Lipinski definition) is 12. The van der Waals surface area contributed by atoms with E-state index in [9.17, 15) is 44.6 Å². The summed E-state index contributed by atoms with van der Waals surface area (Å²) < 4.78 is 33.6. The summed E-state index contributed by atoms with van der Waals surface area (Å²) in [6.07, 6.45) is 39.9. The molecule has 0 saturated heterocycles. The van der Waals surface area contributed by atoms with Crippen LogP contribution in [0.4, 0.5) is 0 Å². The third-order valence-corrected chi connectivity index (χ3v) is 12.9. The summed E-state index contributed by atoms with van der Waals surface area (Å²) >= 11 is 0. The lowest BCUT2D eigenvalue weighted by Crippen LogP contribution is -2.64. The lowest BCUT2D eigenvalue weighted by Gasteiger charge is -2.41. The van der Waals surface area contributed by atoms with Crippen molar-refractivity contribution in [2.75, 3.05) is 13.2 Å². The Kier molecular flexibility index (Phi) is 39.6. The molecule has 1 fully saturated rings. The molecule has 0 spiro atoms. The summed E-state index contributed by atoms with van der Waals surface area (Å²) in [5.41, 5.74) is 0. The number of rotatable bonds is 43. The fourth-order valence-electron chi connectivity index (χ4n) is 7.68. The van der Waals surface area contributed by atoms with E-state index in [0.29, 0.717) is 19.3 Å². The SMILES string of the molecule is CCCCC/C=C/C/C=C/C/C=C/C/C=C/C/C=C/CCC(=O)OC[C@@H](COP(=O)(O)OC1C(O)C(O)C(O)[C@H](O)C1O)OC(=O)CCCCCCCCCCCCCCCCCCCCC. The molecule has 1 aliphatic rings. The molecule has 6 unspecified atom stereocenters. The highest BCUT2D eigenvalue weighted by atomic mass is 31.2. The van der Waals surface area contributed by atoms with Crippen molar-refractivity contribution in [1.29, 1.82) is 0 Å². The molecule has 0 bridgehead atoms. The molecule has 8 atom stereocenters. The topological polar surface area (TPSA) is 210 Å². The van der Waals surface area contributed by atoms with Gasteiger partial charge in [0.25, 0.3) is 0 Å². The molecule has 0 amide bonds. The minimum atomic E-state index is -5.14. The van der Waals surface area contributed by atoms with E-state index in [4.69, 9.17) is 18.5 Å². The van der Waals surface area contributed by atoms with E-state index < -0.39 is 75.7 Å². The van der Waals surface area contributed by atoms with Gasteiger partial charge < -0.3 is 39.9 Å². The molecule has 0 aliphatic heterocycles. The van der Waals surface area contributed by atoms with Crippen molar-refractivity contribution in [2.24, 2.45) is 0 Å². The monoisotopic (exact) mass is 969 g/mol. The fraction of sp³-hybridized carbons (Fsp3) is 0.774. The Morgan fingerprint density at radius 1 is 0.463 bits per heavy atom. The number of unbranched alkanes of at least 4 members (excludes halogenated alkanes) is 21. The van der Waals surface area contributed by atoms with Crippen molar-refractivity contribution in [3.63, 3.8) is 0 Å². The number of phosphoric acid groups is 1. The van der Waals surface area contributed by atoms with Crippen LogP contribution in [-0.2, 0) is 32.7 Å². The van der Waals surface area contributed by atoms with Gasteiger partial charge in [0.15, 0.2) is 6.10 Å². The second kappa shape index (κ2) is 42.4. The normalized spacial score (nSPS) is 21.6. The zero-order valence-corrected chi connectivity index (χ0v) is 42.3. The summed E-state index contributed by atoms with van der Waals surface area (Å²) in [4.78, 5) is 35.8. The van der Waals surface area contributed by atoms with Crippen molar-refractivity contribution in [2.45, 2.75) is 249 Å². The summed E-state index contributed by atoms with van der Waals surface area (Å²) in [6, 6.07) is 0. The quantitative estimate of drug-likeness (QED) is 0.0146. The van der Waals surface area contributed by atoms with Crippen LogP contribution in [0.5, 0.6) is 0 Å². The standard InChI is InChI=1S/C53H93O13P/c1-3-5-7-9-11-13-15-17-19-21-23-25-27-29-31-33-35-37-39-41-46(54)63-43-45(44-64-67(61,62)66-53-51(59)49(57)48(56)50(58)52(53)60)65-47(55)42-40-38-36-34-32-30-28-26-24-22-20-18-16-14-12-10-8-6-4-2/h11,13,17,19,23,25,29,31,35,37,45,48-53,56-60H,3-10,12,14-16,18,20-22,24,26-28,30,32-34,36,38-44H2,1-2H3,(H,61,62)/b13-11+,19-17+,25-23+,31-29+,37-35+/t45-,48?,49-,50?,51?,52?,53?/m0/s1. The highest BCUT2D eigenvalue weighted by Crippen LogP contribution is 2.47. The number of allylic oxidation sites excluding steroid dienone is 10. The van der Waals surface area contributed by atoms with Crippen LogP contribution in [0.2, 0.25) is 0 Å². The smallest absolute Gasteiger partial charge is 0.462 e. The van der Waals surface area contributed by atoms with E-state index in [1.54, 1.807) is 0 Å². The first-order valence-corrected chi connectivity index (χ1v) is 27.6. The lowest BCUT2D eigenvalue weighted by molar-refractivity contribution is -0.220. The summed E-state index contributed by atoms with van der Waals surface area (Å²) in [7, 11) is -5.14. The number of hydrogen-bond donors (Lipinski definition) is 6. The number of ether oxygens (including phenoxy) is 2. The first-order valence-electron chi connectivity index (χ1n) is 26.1. The number of carbonyl (C=O) groups is 2. The van der Waals surface area contributed by atoms with Crippen LogP contribution in [0, 0.1) is 0 Å². The van der Waals surface area contributed by atoms with Crippen LogP contribution in [-0.4, -0.2) is 98.3 Å². The fourth-order valence-corrected chi connectivity index (χ4v) is 8.66. The van der Waals surface area contributed by atoms with Crippen LogP contribution >= 0.6 is 7.82 Å². The van der Waals surface area contributed by atoms with Gasteiger partial charge in [0.1, 0.15) is 43.2 Å². The molecule has 67 heavy (non-hydrogen) atoms. The maximum absolute atomic E-state index is 12.8. The summed E-state index contributed by atoms with van der Waals surface area (Å²) in [5, 5.41) is 50.3. The molecule has 0 aromatic heterocycles. The summed E-state index contributed by atoms with van der Waals surface area (Å²) in [5.74, 6) is -1.19. The zero-order chi connectivity index (χ0) is 49.2. The third kappa shape index (κ3) is 34.5. The second-order valence-electron chi connectivity index (χ2n) is 18.0.